The number of esters is 2. The van der Waals surface area contributed by atoms with Crippen LogP contribution in [0.15, 0.2) is 48.6 Å². The summed E-state index contributed by atoms with van der Waals surface area (Å²) >= 11 is 0. The third kappa shape index (κ3) is 39.4. The van der Waals surface area contributed by atoms with Crippen molar-refractivity contribution in [2.75, 3.05) is 46.1 Å². The smallest absolute Gasteiger partial charge is 0.465 e. The van der Waals surface area contributed by atoms with Gasteiger partial charge in [-0.2, -0.15) is 0 Å². The second-order valence-electron chi connectivity index (χ2n) is 15.0. The molecule has 0 radical (unpaired) electrons. The lowest BCUT2D eigenvalue weighted by atomic mass is 10.1. The topological polar surface area (TPSA) is 91.4 Å². The van der Waals surface area contributed by atoms with E-state index in [1.807, 2.05) is 0 Å². The van der Waals surface area contributed by atoms with Gasteiger partial charge in [0.05, 0.1) is 12.5 Å². The van der Waals surface area contributed by atoms with Crippen molar-refractivity contribution in [3.63, 3.8) is 0 Å². The van der Waals surface area contributed by atoms with Gasteiger partial charge in [0.2, 0.25) is 0 Å². The molecule has 0 aromatic rings. The minimum absolute atomic E-state index is 0.0192. The predicted octanol–water partition coefficient (Wildman–Crippen LogP) is 13.2. The summed E-state index contributed by atoms with van der Waals surface area (Å²) in [6.45, 7) is 11.7. The van der Waals surface area contributed by atoms with Crippen molar-refractivity contribution in [3.05, 3.63) is 48.6 Å². The first-order valence-corrected chi connectivity index (χ1v) is 22.9. The molecule has 0 saturated heterocycles. The first-order valence-electron chi connectivity index (χ1n) is 22.9. The van der Waals surface area contributed by atoms with E-state index in [1.54, 1.807) is 0 Å². The van der Waals surface area contributed by atoms with Crippen LogP contribution in [-0.2, 0) is 28.5 Å². The Hall–Kier alpha value is -2.87. The van der Waals surface area contributed by atoms with Gasteiger partial charge < -0.3 is 23.8 Å². The Bertz CT molecular complexity index is 955. The van der Waals surface area contributed by atoms with Gasteiger partial charge in [0.15, 0.2) is 0 Å². The van der Waals surface area contributed by atoms with Crippen LogP contribution in [0.1, 0.15) is 188 Å². The summed E-state index contributed by atoms with van der Waals surface area (Å²) in [4.78, 5) is 39.6. The molecule has 324 valence electrons. The molecule has 0 aromatic carbocycles. The van der Waals surface area contributed by atoms with Crippen molar-refractivity contribution >= 4 is 18.1 Å². The standard InChI is InChI=1S/C48H85NO7/c1-5-9-11-13-15-17-19-21-23-25-27-29-31-33-35-38-46(50)54-42-45(44-56-48(52)53-41-37-40-49(7-3)8-4)43-55-47(51)39-36-34-32-30-28-26-24-22-20-18-16-14-12-10-6-2/h15-18,21-24,45H,5-14,19-20,25-44H2,1-4H3. The average Bonchev–Trinajstić information content (AvgIpc) is 3.20. The van der Waals surface area contributed by atoms with Crippen molar-refractivity contribution in [2.24, 2.45) is 5.92 Å². The molecule has 0 amide bonds. The molecule has 56 heavy (non-hydrogen) atoms. The second kappa shape index (κ2) is 43.3. The highest BCUT2D eigenvalue weighted by Gasteiger charge is 2.18. The van der Waals surface area contributed by atoms with Crippen LogP contribution in [-0.4, -0.2) is 69.1 Å². The molecule has 0 bridgehead atoms. The number of hydrogen-bond donors (Lipinski definition) is 0. The van der Waals surface area contributed by atoms with Gasteiger partial charge in [0.1, 0.15) is 19.8 Å². The molecule has 0 aromatic heterocycles. The number of unbranched alkanes of at least 4 members (excludes halogenated alkanes) is 16. The molecule has 0 unspecified atom stereocenters. The van der Waals surface area contributed by atoms with Crippen LogP contribution in [0, 0.1) is 5.92 Å². The van der Waals surface area contributed by atoms with Crippen molar-refractivity contribution in [1.82, 2.24) is 4.90 Å². The summed E-state index contributed by atoms with van der Waals surface area (Å²) in [5.41, 5.74) is 0. The number of rotatable bonds is 40. The van der Waals surface area contributed by atoms with E-state index in [0.717, 1.165) is 116 Å². The van der Waals surface area contributed by atoms with Gasteiger partial charge in [-0.3, -0.25) is 9.59 Å². The quantitative estimate of drug-likeness (QED) is 0.0262. The maximum Gasteiger partial charge on any atom is 0.508 e. The van der Waals surface area contributed by atoms with Crippen LogP contribution >= 0.6 is 0 Å². The van der Waals surface area contributed by atoms with E-state index in [0.29, 0.717) is 12.8 Å². The van der Waals surface area contributed by atoms with Gasteiger partial charge in [-0.25, -0.2) is 4.79 Å². The molecule has 0 aliphatic heterocycles. The zero-order valence-electron chi connectivity index (χ0n) is 36.6. The zero-order valence-corrected chi connectivity index (χ0v) is 36.6. The summed E-state index contributed by atoms with van der Waals surface area (Å²) in [6, 6.07) is 0. The highest BCUT2D eigenvalue weighted by atomic mass is 16.7. The number of hydrogen-bond acceptors (Lipinski definition) is 8. The lowest BCUT2D eigenvalue weighted by Gasteiger charge is -2.18. The fourth-order valence-corrected chi connectivity index (χ4v) is 6.08. The fraction of sp³-hybridized carbons (Fsp3) is 0.771. The molecule has 0 atom stereocenters. The van der Waals surface area contributed by atoms with Crippen LogP contribution < -0.4 is 0 Å². The summed E-state index contributed by atoms with van der Waals surface area (Å²) < 4.78 is 21.7. The molecule has 8 nitrogen and oxygen atoms in total. The maximum atomic E-state index is 12.5. The SMILES string of the molecule is CCCCCC=CCC=CCCCCCCCC(=O)OCC(COC(=O)CCCCCCCC=CCC=CCCCCC)COC(=O)OCCCN(CC)CC. The van der Waals surface area contributed by atoms with Crippen LogP contribution in [0.5, 0.6) is 0 Å². The number of nitrogens with zero attached hydrogens (tertiary/aromatic N) is 1. The Labute approximate surface area is 344 Å². The Morgan fingerprint density at radius 2 is 0.839 bits per heavy atom. The molecular formula is C48H85NO7. The van der Waals surface area contributed by atoms with Gasteiger partial charge in [-0.1, -0.05) is 141 Å². The molecule has 8 heteroatoms. The Morgan fingerprint density at radius 1 is 0.446 bits per heavy atom. The van der Waals surface area contributed by atoms with Gasteiger partial charge >= 0.3 is 18.1 Å². The number of carbonyl (C=O) groups excluding carboxylic acids is 3. The lowest BCUT2D eigenvalue weighted by Crippen LogP contribution is -2.27. The number of allylic oxidation sites excluding steroid dienone is 8. The molecular weight excluding hydrogens is 703 g/mol. The van der Waals surface area contributed by atoms with Crippen LogP contribution in [0.4, 0.5) is 4.79 Å². The Balaban J connectivity index is 4.37. The fourth-order valence-electron chi connectivity index (χ4n) is 6.08. The first kappa shape index (κ1) is 53.1. The second-order valence-corrected chi connectivity index (χ2v) is 15.0. The van der Waals surface area contributed by atoms with Gasteiger partial charge in [0.25, 0.3) is 0 Å². The third-order valence-electron chi connectivity index (χ3n) is 9.79. The largest absolute Gasteiger partial charge is 0.508 e. The van der Waals surface area contributed by atoms with Crippen molar-refractivity contribution in [2.45, 2.75) is 188 Å². The third-order valence-corrected chi connectivity index (χ3v) is 9.79. The summed E-state index contributed by atoms with van der Waals surface area (Å²) in [7, 11) is 0. The van der Waals surface area contributed by atoms with Crippen LogP contribution in [0.3, 0.4) is 0 Å². The first-order chi connectivity index (χ1) is 27.5. The molecule has 0 rings (SSSR count). The Morgan fingerprint density at radius 3 is 1.27 bits per heavy atom. The summed E-state index contributed by atoms with van der Waals surface area (Å²) in [5, 5.41) is 0. The molecule has 0 saturated carbocycles. The highest BCUT2D eigenvalue weighted by Crippen LogP contribution is 2.12. The molecule has 0 fully saturated rings. The van der Waals surface area contributed by atoms with E-state index >= 15 is 0 Å². The molecule has 0 spiro atoms. The van der Waals surface area contributed by atoms with E-state index in [4.69, 9.17) is 18.9 Å². The monoisotopic (exact) mass is 788 g/mol. The van der Waals surface area contributed by atoms with Crippen LogP contribution in [0.25, 0.3) is 0 Å². The van der Waals surface area contributed by atoms with E-state index in [9.17, 15) is 14.4 Å². The van der Waals surface area contributed by atoms with Gasteiger partial charge in [-0.15, -0.1) is 0 Å². The van der Waals surface area contributed by atoms with E-state index in [2.05, 4.69) is 81.2 Å². The van der Waals surface area contributed by atoms with E-state index in [1.165, 1.54) is 51.4 Å². The van der Waals surface area contributed by atoms with Gasteiger partial charge in [0, 0.05) is 19.4 Å². The highest BCUT2D eigenvalue weighted by molar-refractivity contribution is 5.69. The average molecular weight is 788 g/mol. The summed E-state index contributed by atoms with van der Waals surface area (Å²) in [5.74, 6) is -1.02. The van der Waals surface area contributed by atoms with Crippen molar-refractivity contribution in [1.29, 1.82) is 0 Å². The minimum atomic E-state index is -0.762. The Kier molecular flexibility index (Phi) is 41.0. The van der Waals surface area contributed by atoms with Crippen molar-refractivity contribution in [3.8, 4) is 0 Å². The van der Waals surface area contributed by atoms with Crippen LogP contribution in [0.2, 0.25) is 0 Å². The number of ether oxygens (including phenoxy) is 4. The van der Waals surface area contributed by atoms with Gasteiger partial charge in [-0.05, 0) is 96.6 Å². The lowest BCUT2D eigenvalue weighted by molar-refractivity contribution is -0.150. The molecule has 0 aliphatic carbocycles. The molecule has 0 aliphatic rings. The minimum Gasteiger partial charge on any atom is -0.465 e. The summed E-state index contributed by atoms with van der Waals surface area (Å²) in [6.07, 6.45) is 43.5. The zero-order chi connectivity index (χ0) is 41.0. The molecule has 0 heterocycles. The van der Waals surface area contributed by atoms with Crippen molar-refractivity contribution < 1.29 is 33.3 Å². The normalized spacial score (nSPS) is 12.4. The van der Waals surface area contributed by atoms with E-state index < -0.39 is 12.1 Å². The predicted molar refractivity (Wildman–Crippen MR) is 234 cm³/mol. The molecule has 0 N–H and O–H groups in total. The van der Waals surface area contributed by atoms with E-state index in [-0.39, 0.29) is 38.4 Å². The maximum absolute atomic E-state index is 12.5. The number of carbonyl (C=O) groups is 3.